The van der Waals surface area contributed by atoms with Crippen LogP contribution in [0.5, 0.6) is 0 Å². The van der Waals surface area contributed by atoms with Crippen LogP contribution in [0.1, 0.15) is 29.2 Å². The molecule has 1 aromatic rings. The maximum atomic E-state index is 11.1. The Bertz CT molecular complexity index is 496. The molecule has 104 valence electrons. The molecule has 0 bridgehead atoms. The summed E-state index contributed by atoms with van der Waals surface area (Å²) in [6.45, 7) is 10.8. The number of hydrogen-bond donors (Lipinski definition) is 1. The molecule has 1 aliphatic heterocycles. The van der Waals surface area contributed by atoms with Crippen molar-refractivity contribution < 1.29 is 9.90 Å². The summed E-state index contributed by atoms with van der Waals surface area (Å²) >= 11 is 0. The zero-order chi connectivity index (χ0) is 14.2. The van der Waals surface area contributed by atoms with Crippen LogP contribution in [-0.4, -0.2) is 29.1 Å². The highest BCUT2D eigenvalue weighted by Gasteiger charge is 2.34. The van der Waals surface area contributed by atoms with Gasteiger partial charge in [-0.2, -0.15) is 0 Å². The molecule has 1 N–H and O–H groups in total. The molecule has 0 aliphatic carbocycles. The van der Waals surface area contributed by atoms with Gasteiger partial charge in [-0.25, -0.2) is 0 Å². The molecule has 0 spiro atoms. The zero-order valence-electron chi connectivity index (χ0n) is 12.2. The first-order chi connectivity index (χ1) is 8.88. The Morgan fingerprint density at radius 3 is 2.42 bits per heavy atom. The minimum atomic E-state index is -0.660. The average Bonchev–Trinajstić information content (AvgIpc) is 2.67. The molecule has 2 atom stereocenters. The Balaban J connectivity index is 2.11. The first kappa shape index (κ1) is 14.1. The maximum Gasteiger partial charge on any atom is 0.308 e. The van der Waals surface area contributed by atoms with Crippen molar-refractivity contribution in [2.75, 3.05) is 13.1 Å². The van der Waals surface area contributed by atoms with Crippen LogP contribution in [0.25, 0.3) is 0 Å². The molecule has 1 saturated heterocycles. The fourth-order valence-electron chi connectivity index (χ4n) is 2.95. The average molecular weight is 261 g/mol. The van der Waals surface area contributed by atoms with Crippen molar-refractivity contribution in [2.24, 2.45) is 11.8 Å². The second kappa shape index (κ2) is 5.33. The van der Waals surface area contributed by atoms with E-state index in [2.05, 4.69) is 37.8 Å². The standard InChI is InChI=1S/C16H23NO2/c1-10-5-12(3)14(6-11(10)2)8-17-7-13(4)15(9-17)16(18)19/h5-6,13,15H,7-9H2,1-4H3,(H,18,19)/t13-,15-/m1/s1. The Kier molecular flexibility index (Phi) is 3.95. The lowest BCUT2D eigenvalue weighted by Crippen LogP contribution is -2.23. The van der Waals surface area contributed by atoms with Crippen LogP contribution in [0, 0.1) is 32.6 Å². The molecule has 0 aromatic heterocycles. The number of rotatable bonds is 3. The van der Waals surface area contributed by atoms with Crippen LogP contribution < -0.4 is 0 Å². The molecule has 0 unspecified atom stereocenters. The lowest BCUT2D eigenvalue weighted by atomic mass is 9.99. The number of aryl methyl sites for hydroxylation is 3. The fraction of sp³-hybridized carbons (Fsp3) is 0.562. The number of aliphatic carboxylic acids is 1. The molecule has 1 aliphatic rings. The van der Waals surface area contributed by atoms with Gasteiger partial charge < -0.3 is 5.11 Å². The van der Waals surface area contributed by atoms with Crippen LogP contribution in [0.4, 0.5) is 0 Å². The van der Waals surface area contributed by atoms with E-state index in [1.54, 1.807) is 0 Å². The summed E-state index contributed by atoms with van der Waals surface area (Å²) < 4.78 is 0. The van der Waals surface area contributed by atoms with E-state index in [4.69, 9.17) is 0 Å². The first-order valence-corrected chi connectivity index (χ1v) is 6.90. The Labute approximate surface area is 115 Å². The molecule has 2 rings (SSSR count). The van der Waals surface area contributed by atoms with Gasteiger partial charge in [0.15, 0.2) is 0 Å². The molecular formula is C16H23NO2. The lowest BCUT2D eigenvalue weighted by molar-refractivity contribution is -0.142. The summed E-state index contributed by atoms with van der Waals surface area (Å²) in [5, 5.41) is 9.18. The molecule has 0 saturated carbocycles. The van der Waals surface area contributed by atoms with Crippen molar-refractivity contribution in [1.82, 2.24) is 4.90 Å². The highest BCUT2D eigenvalue weighted by molar-refractivity contribution is 5.71. The summed E-state index contributed by atoms with van der Waals surface area (Å²) in [6, 6.07) is 4.46. The summed E-state index contributed by atoms with van der Waals surface area (Å²) in [7, 11) is 0. The third kappa shape index (κ3) is 2.98. The quantitative estimate of drug-likeness (QED) is 0.909. The predicted octanol–water partition coefficient (Wildman–Crippen LogP) is 2.76. The van der Waals surface area contributed by atoms with Gasteiger partial charge in [0.1, 0.15) is 0 Å². The van der Waals surface area contributed by atoms with E-state index < -0.39 is 5.97 Å². The van der Waals surface area contributed by atoms with E-state index in [1.807, 2.05) is 6.92 Å². The Morgan fingerprint density at radius 1 is 1.21 bits per heavy atom. The van der Waals surface area contributed by atoms with Gasteiger partial charge in [-0.3, -0.25) is 9.69 Å². The van der Waals surface area contributed by atoms with E-state index in [-0.39, 0.29) is 11.8 Å². The van der Waals surface area contributed by atoms with Gasteiger partial charge in [0, 0.05) is 19.6 Å². The summed E-state index contributed by atoms with van der Waals surface area (Å²) in [5.41, 5.74) is 5.25. The van der Waals surface area contributed by atoms with Crippen LogP contribution in [0.15, 0.2) is 12.1 Å². The Morgan fingerprint density at radius 2 is 1.84 bits per heavy atom. The number of carboxylic acid groups (broad SMARTS) is 1. The third-order valence-corrected chi connectivity index (χ3v) is 4.35. The number of carboxylic acids is 1. The highest BCUT2D eigenvalue weighted by atomic mass is 16.4. The molecule has 3 nitrogen and oxygen atoms in total. The summed E-state index contributed by atoms with van der Waals surface area (Å²) in [4.78, 5) is 13.4. The lowest BCUT2D eigenvalue weighted by Gasteiger charge is -2.18. The van der Waals surface area contributed by atoms with Crippen molar-refractivity contribution in [3.63, 3.8) is 0 Å². The van der Waals surface area contributed by atoms with Gasteiger partial charge in [0.2, 0.25) is 0 Å². The SMILES string of the molecule is Cc1cc(C)c(CN2C[C@@H](C)[C@H](C(=O)O)C2)cc1C. The topological polar surface area (TPSA) is 40.5 Å². The predicted molar refractivity (Wildman–Crippen MR) is 76.2 cm³/mol. The third-order valence-electron chi connectivity index (χ3n) is 4.35. The van der Waals surface area contributed by atoms with Crippen molar-refractivity contribution in [1.29, 1.82) is 0 Å². The van der Waals surface area contributed by atoms with E-state index in [0.717, 1.165) is 13.1 Å². The van der Waals surface area contributed by atoms with Crippen molar-refractivity contribution in [3.05, 3.63) is 34.4 Å². The second-order valence-corrected chi connectivity index (χ2v) is 5.98. The second-order valence-electron chi connectivity index (χ2n) is 5.98. The fourth-order valence-corrected chi connectivity index (χ4v) is 2.95. The van der Waals surface area contributed by atoms with Gasteiger partial charge in [-0.1, -0.05) is 19.1 Å². The zero-order valence-corrected chi connectivity index (χ0v) is 12.2. The van der Waals surface area contributed by atoms with Crippen LogP contribution in [-0.2, 0) is 11.3 Å². The molecule has 0 amide bonds. The van der Waals surface area contributed by atoms with Gasteiger partial charge in [0.25, 0.3) is 0 Å². The molecule has 0 radical (unpaired) electrons. The molecule has 1 heterocycles. The van der Waals surface area contributed by atoms with Crippen molar-refractivity contribution in [2.45, 2.75) is 34.2 Å². The number of benzene rings is 1. The number of hydrogen-bond acceptors (Lipinski definition) is 2. The Hall–Kier alpha value is -1.35. The highest BCUT2D eigenvalue weighted by Crippen LogP contribution is 2.26. The van der Waals surface area contributed by atoms with Gasteiger partial charge in [-0.05, 0) is 48.9 Å². The van der Waals surface area contributed by atoms with Crippen molar-refractivity contribution in [3.8, 4) is 0 Å². The normalized spacial score (nSPS) is 23.8. The van der Waals surface area contributed by atoms with Crippen LogP contribution in [0.2, 0.25) is 0 Å². The molecule has 1 aromatic carbocycles. The summed E-state index contributed by atoms with van der Waals surface area (Å²) in [6.07, 6.45) is 0. The summed E-state index contributed by atoms with van der Waals surface area (Å²) in [5.74, 6) is -0.636. The molecular weight excluding hydrogens is 238 g/mol. The first-order valence-electron chi connectivity index (χ1n) is 6.90. The van der Waals surface area contributed by atoms with Crippen LogP contribution in [0.3, 0.4) is 0 Å². The monoisotopic (exact) mass is 261 g/mol. The molecule has 19 heavy (non-hydrogen) atoms. The number of nitrogens with zero attached hydrogens (tertiary/aromatic N) is 1. The smallest absolute Gasteiger partial charge is 0.308 e. The van der Waals surface area contributed by atoms with E-state index in [9.17, 15) is 9.90 Å². The number of carbonyl (C=O) groups is 1. The van der Waals surface area contributed by atoms with Crippen LogP contribution >= 0.6 is 0 Å². The minimum absolute atomic E-state index is 0.216. The van der Waals surface area contributed by atoms with Crippen molar-refractivity contribution >= 4 is 5.97 Å². The van der Waals surface area contributed by atoms with Gasteiger partial charge in [-0.15, -0.1) is 0 Å². The van der Waals surface area contributed by atoms with E-state index in [1.165, 1.54) is 22.3 Å². The van der Waals surface area contributed by atoms with E-state index in [0.29, 0.717) is 6.54 Å². The minimum Gasteiger partial charge on any atom is -0.481 e. The van der Waals surface area contributed by atoms with E-state index >= 15 is 0 Å². The molecule has 3 heteroatoms. The maximum absolute atomic E-state index is 11.1. The largest absolute Gasteiger partial charge is 0.481 e. The molecule has 1 fully saturated rings. The van der Waals surface area contributed by atoms with Gasteiger partial charge >= 0.3 is 5.97 Å². The number of likely N-dealkylation sites (tertiary alicyclic amines) is 1. The van der Waals surface area contributed by atoms with Gasteiger partial charge in [0.05, 0.1) is 5.92 Å².